The first-order chi connectivity index (χ1) is 11.1. The highest BCUT2D eigenvalue weighted by Gasteiger charge is 2.10. The van der Waals surface area contributed by atoms with E-state index in [9.17, 15) is 4.79 Å². The quantitative estimate of drug-likeness (QED) is 0.808. The smallest absolute Gasteiger partial charge is 0.270 e. The second kappa shape index (κ2) is 8.53. The predicted octanol–water partition coefficient (Wildman–Crippen LogP) is 3.92. The molecule has 0 fully saturated rings. The molecule has 1 atom stereocenters. The number of anilines is 1. The van der Waals surface area contributed by atoms with E-state index < -0.39 is 0 Å². The Labute approximate surface area is 142 Å². The van der Waals surface area contributed by atoms with Crippen LogP contribution in [0.2, 0.25) is 5.02 Å². The van der Waals surface area contributed by atoms with Gasteiger partial charge in [-0.3, -0.25) is 9.78 Å². The van der Waals surface area contributed by atoms with Crippen molar-refractivity contribution in [3.63, 3.8) is 0 Å². The van der Waals surface area contributed by atoms with Gasteiger partial charge in [0, 0.05) is 29.5 Å². The Kier molecular flexibility index (Phi) is 6.41. The Morgan fingerprint density at radius 1 is 1.30 bits per heavy atom. The minimum atomic E-state index is -0.141. The number of nitrogens with zero attached hydrogens (tertiary/aromatic N) is 1. The number of hydrogen-bond donors (Lipinski definition) is 2. The number of halogens is 1. The van der Waals surface area contributed by atoms with Crippen LogP contribution < -0.4 is 10.6 Å². The minimum absolute atomic E-state index is 0.141. The van der Waals surface area contributed by atoms with E-state index in [1.165, 1.54) is 5.56 Å². The van der Waals surface area contributed by atoms with Crippen LogP contribution in [0.4, 0.5) is 5.69 Å². The number of amides is 1. The Morgan fingerprint density at radius 3 is 2.87 bits per heavy atom. The van der Waals surface area contributed by atoms with E-state index in [0.29, 0.717) is 5.69 Å². The first kappa shape index (κ1) is 17.3. The van der Waals surface area contributed by atoms with Gasteiger partial charge in [-0.15, -0.1) is 0 Å². The van der Waals surface area contributed by atoms with Gasteiger partial charge >= 0.3 is 0 Å². The molecule has 0 radical (unpaired) electrons. The third-order valence-corrected chi connectivity index (χ3v) is 3.85. The molecule has 23 heavy (non-hydrogen) atoms. The lowest BCUT2D eigenvalue weighted by Crippen LogP contribution is -2.32. The van der Waals surface area contributed by atoms with Crippen molar-refractivity contribution < 1.29 is 4.79 Å². The van der Waals surface area contributed by atoms with E-state index >= 15 is 0 Å². The molecule has 1 unspecified atom stereocenters. The number of benzene rings is 1. The van der Waals surface area contributed by atoms with Crippen LogP contribution in [0.5, 0.6) is 0 Å². The molecule has 1 aromatic carbocycles. The molecule has 1 amide bonds. The molecule has 1 aromatic heterocycles. The van der Waals surface area contributed by atoms with Crippen molar-refractivity contribution in [3.05, 3.63) is 58.9 Å². The zero-order chi connectivity index (χ0) is 16.7. The summed E-state index contributed by atoms with van der Waals surface area (Å²) in [5.74, 6) is -0.141. The number of carbonyl (C=O) groups is 1. The maximum atomic E-state index is 12.1. The summed E-state index contributed by atoms with van der Waals surface area (Å²) in [6.45, 7) is 4.77. The van der Waals surface area contributed by atoms with Crippen LogP contribution in [0.1, 0.15) is 36.3 Å². The van der Waals surface area contributed by atoms with Crippen LogP contribution in [0.15, 0.2) is 42.6 Å². The van der Waals surface area contributed by atoms with Crippen molar-refractivity contribution in [2.24, 2.45) is 0 Å². The highest BCUT2D eigenvalue weighted by molar-refractivity contribution is 6.30. The van der Waals surface area contributed by atoms with E-state index in [1.807, 2.05) is 44.2 Å². The fourth-order valence-electron chi connectivity index (χ4n) is 2.11. The van der Waals surface area contributed by atoms with Gasteiger partial charge in [0.15, 0.2) is 0 Å². The van der Waals surface area contributed by atoms with E-state index in [4.69, 9.17) is 11.6 Å². The summed E-state index contributed by atoms with van der Waals surface area (Å²) >= 11 is 5.98. The number of carbonyl (C=O) groups excluding carboxylic acids is 1. The lowest BCUT2D eigenvalue weighted by atomic mass is 10.1. The van der Waals surface area contributed by atoms with Crippen molar-refractivity contribution >= 4 is 23.2 Å². The standard InChI is InChI=1S/C18H22ClN3O/c1-3-13(2)22-18(23)17-12-16(8-10-21-17)20-9-7-14-5-4-6-15(19)11-14/h4-6,8,10-13H,3,7,9H2,1-2H3,(H,20,21)(H,22,23). The normalized spacial score (nSPS) is 11.8. The van der Waals surface area contributed by atoms with E-state index in [-0.39, 0.29) is 11.9 Å². The molecule has 0 bridgehead atoms. The van der Waals surface area contributed by atoms with Gasteiger partial charge in [-0.25, -0.2) is 0 Å². The van der Waals surface area contributed by atoms with Crippen LogP contribution >= 0.6 is 11.6 Å². The van der Waals surface area contributed by atoms with Crippen molar-refractivity contribution in [1.29, 1.82) is 0 Å². The van der Waals surface area contributed by atoms with Gasteiger partial charge in [-0.1, -0.05) is 30.7 Å². The molecule has 0 aliphatic rings. The van der Waals surface area contributed by atoms with Gasteiger partial charge in [0.05, 0.1) is 0 Å². The number of pyridine rings is 1. The second-order valence-electron chi connectivity index (χ2n) is 5.52. The topological polar surface area (TPSA) is 54.0 Å². The highest BCUT2D eigenvalue weighted by atomic mass is 35.5. The van der Waals surface area contributed by atoms with Crippen molar-refractivity contribution in [1.82, 2.24) is 10.3 Å². The molecule has 0 saturated heterocycles. The third kappa shape index (κ3) is 5.57. The first-order valence-electron chi connectivity index (χ1n) is 7.83. The average Bonchev–Trinajstić information content (AvgIpc) is 2.55. The third-order valence-electron chi connectivity index (χ3n) is 3.61. The summed E-state index contributed by atoms with van der Waals surface area (Å²) in [5, 5.41) is 6.98. The molecule has 0 aliphatic carbocycles. The van der Waals surface area contributed by atoms with Crippen molar-refractivity contribution in [3.8, 4) is 0 Å². The molecule has 4 nitrogen and oxygen atoms in total. The van der Waals surface area contributed by atoms with Gasteiger partial charge in [0.25, 0.3) is 5.91 Å². The van der Waals surface area contributed by atoms with E-state index in [0.717, 1.165) is 30.1 Å². The number of hydrogen-bond acceptors (Lipinski definition) is 3. The number of rotatable bonds is 7. The summed E-state index contributed by atoms with van der Waals surface area (Å²) in [4.78, 5) is 16.2. The lowest BCUT2D eigenvalue weighted by Gasteiger charge is -2.12. The Balaban J connectivity index is 1.91. The zero-order valence-electron chi connectivity index (χ0n) is 13.5. The van der Waals surface area contributed by atoms with Crippen LogP contribution in [0.3, 0.4) is 0 Å². The first-order valence-corrected chi connectivity index (χ1v) is 8.21. The molecule has 2 aromatic rings. The Bertz CT molecular complexity index is 660. The monoisotopic (exact) mass is 331 g/mol. The van der Waals surface area contributed by atoms with Crippen molar-refractivity contribution in [2.75, 3.05) is 11.9 Å². The summed E-state index contributed by atoms with van der Waals surface area (Å²) in [5.41, 5.74) is 2.49. The molecule has 0 aliphatic heterocycles. The molecule has 0 saturated carbocycles. The van der Waals surface area contributed by atoms with Gasteiger partial charge in [-0.05, 0) is 49.6 Å². The van der Waals surface area contributed by atoms with Gasteiger partial charge in [0.2, 0.25) is 0 Å². The molecule has 2 rings (SSSR count). The van der Waals surface area contributed by atoms with Gasteiger partial charge < -0.3 is 10.6 Å². The molecule has 122 valence electrons. The van der Waals surface area contributed by atoms with Crippen LogP contribution in [-0.2, 0) is 6.42 Å². The van der Waals surface area contributed by atoms with Crippen LogP contribution in [-0.4, -0.2) is 23.5 Å². The fourth-order valence-corrected chi connectivity index (χ4v) is 2.32. The molecule has 5 heteroatoms. The van der Waals surface area contributed by atoms with Crippen LogP contribution in [0.25, 0.3) is 0 Å². The van der Waals surface area contributed by atoms with Crippen LogP contribution in [0, 0.1) is 0 Å². The van der Waals surface area contributed by atoms with E-state index in [1.54, 1.807) is 12.3 Å². The summed E-state index contributed by atoms with van der Waals surface area (Å²) in [6, 6.07) is 11.6. The average molecular weight is 332 g/mol. The molecule has 0 spiro atoms. The number of aromatic nitrogens is 1. The fraction of sp³-hybridized carbons (Fsp3) is 0.333. The molecule has 2 N–H and O–H groups in total. The highest BCUT2D eigenvalue weighted by Crippen LogP contribution is 2.12. The second-order valence-corrected chi connectivity index (χ2v) is 5.96. The summed E-state index contributed by atoms with van der Waals surface area (Å²) < 4.78 is 0. The summed E-state index contributed by atoms with van der Waals surface area (Å²) in [6.07, 6.45) is 3.40. The Hall–Kier alpha value is -2.07. The minimum Gasteiger partial charge on any atom is -0.385 e. The summed E-state index contributed by atoms with van der Waals surface area (Å²) in [7, 11) is 0. The largest absolute Gasteiger partial charge is 0.385 e. The SMILES string of the molecule is CCC(C)NC(=O)c1cc(NCCc2cccc(Cl)c2)ccn1. The molecular weight excluding hydrogens is 310 g/mol. The maximum Gasteiger partial charge on any atom is 0.270 e. The molecule has 1 heterocycles. The maximum absolute atomic E-state index is 12.1. The number of nitrogens with one attached hydrogen (secondary N) is 2. The van der Waals surface area contributed by atoms with E-state index in [2.05, 4.69) is 15.6 Å². The molecular formula is C18H22ClN3O. The van der Waals surface area contributed by atoms with Gasteiger partial charge in [0.1, 0.15) is 5.69 Å². The zero-order valence-corrected chi connectivity index (χ0v) is 14.2. The van der Waals surface area contributed by atoms with Crippen molar-refractivity contribution in [2.45, 2.75) is 32.7 Å². The van der Waals surface area contributed by atoms with Gasteiger partial charge in [-0.2, -0.15) is 0 Å². The Morgan fingerprint density at radius 2 is 2.13 bits per heavy atom. The predicted molar refractivity (Wildman–Crippen MR) is 95.1 cm³/mol. The lowest BCUT2D eigenvalue weighted by molar-refractivity contribution is 0.0934.